The number of hydrogen-bond donors (Lipinski definition) is 2. The molecule has 0 radical (unpaired) electrons. The van der Waals surface area contributed by atoms with Gasteiger partial charge in [-0.25, -0.2) is 0 Å². The lowest BCUT2D eigenvalue weighted by Gasteiger charge is -2.30. The first-order valence-corrected chi connectivity index (χ1v) is 8.82. The van der Waals surface area contributed by atoms with Crippen molar-refractivity contribution < 1.29 is 4.79 Å². The van der Waals surface area contributed by atoms with Crippen LogP contribution in [0.5, 0.6) is 0 Å². The fourth-order valence-corrected chi connectivity index (χ4v) is 4.57. The zero-order chi connectivity index (χ0) is 16.0. The van der Waals surface area contributed by atoms with E-state index in [0.29, 0.717) is 6.04 Å². The molecular weight excluding hydrogens is 308 g/mol. The lowest BCUT2D eigenvalue weighted by Crippen LogP contribution is -2.39. The molecule has 4 heterocycles. The van der Waals surface area contributed by atoms with Crippen LogP contribution >= 0.6 is 11.3 Å². The SMILES string of the molecule is CC(C)N1CCc2c(sc3c2C(=O)N[C@@H](c2ccccn2)N3)C1. The van der Waals surface area contributed by atoms with Crippen molar-refractivity contribution in [3.05, 3.63) is 46.1 Å². The van der Waals surface area contributed by atoms with Crippen LogP contribution in [0.3, 0.4) is 0 Å². The van der Waals surface area contributed by atoms with Crippen LogP contribution in [0.1, 0.15) is 46.5 Å². The third kappa shape index (κ3) is 2.52. The van der Waals surface area contributed by atoms with Gasteiger partial charge in [0.25, 0.3) is 5.91 Å². The second kappa shape index (κ2) is 5.62. The molecule has 4 rings (SSSR count). The van der Waals surface area contributed by atoms with Crippen LogP contribution in [0.4, 0.5) is 5.00 Å². The highest BCUT2D eigenvalue weighted by molar-refractivity contribution is 7.16. The van der Waals surface area contributed by atoms with Crippen LogP contribution in [0.25, 0.3) is 0 Å². The highest BCUT2D eigenvalue weighted by atomic mass is 32.1. The monoisotopic (exact) mass is 328 g/mol. The van der Waals surface area contributed by atoms with E-state index in [0.717, 1.165) is 35.8 Å². The Morgan fingerprint density at radius 2 is 2.22 bits per heavy atom. The van der Waals surface area contributed by atoms with Gasteiger partial charge in [-0.2, -0.15) is 0 Å². The second-order valence-electron chi connectivity index (χ2n) is 6.33. The molecule has 2 aromatic heterocycles. The Bertz CT molecular complexity index is 741. The average molecular weight is 328 g/mol. The van der Waals surface area contributed by atoms with Gasteiger partial charge in [0, 0.05) is 30.2 Å². The summed E-state index contributed by atoms with van der Waals surface area (Å²) in [6.45, 7) is 6.40. The lowest BCUT2D eigenvalue weighted by atomic mass is 10.00. The number of fused-ring (bicyclic) bond motifs is 3. The molecule has 0 bridgehead atoms. The van der Waals surface area contributed by atoms with Crippen molar-refractivity contribution in [3.8, 4) is 0 Å². The first kappa shape index (κ1) is 14.7. The van der Waals surface area contributed by atoms with Crippen molar-refractivity contribution >= 4 is 22.2 Å². The third-order valence-electron chi connectivity index (χ3n) is 4.58. The van der Waals surface area contributed by atoms with E-state index in [1.807, 2.05) is 18.2 Å². The predicted molar refractivity (Wildman–Crippen MR) is 91.6 cm³/mol. The number of hydrogen-bond acceptors (Lipinski definition) is 5. The molecule has 2 N–H and O–H groups in total. The molecule has 120 valence electrons. The number of nitrogens with zero attached hydrogens (tertiary/aromatic N) is 2. The summed E-state index contributed by atoms with van der Waals surface area (Å²) < 4.78 is 0. The van der Waals surface area contributed by atoms with E-state index in [1.165, 1.54) is 10.4 Å². The number of pyridine rings is 1. The highest BCUT2D eigenvalue weighted by Gasteiger charge is 2.33. The van der Waals surface area contributed by atoms with Gasteiger partial charge in [-0.3, -0.25) is 14.7 Å². The molecule has 1 amide bonds. The Hall–Kier alpha value is -1.92. The number of nitrogens with one attached hydrogen (secondary N) is 2. The van der Waals surface area contributed by atoms with E-state index in [2.05, 4.69) is 34.4 Å². The number of carbonyl (C=O) groups is 1. The normalized spacial score (nSPS) is 20.7. The molecule has 0 aromatic carbocycles. The van der Waals surface area contributed by atoms with Crippen LogP contribution in [0.15, 0.2) is 24.4 Å². The summed E-state index contributed by atoms with van der Waals surface area (Å²) in [6.07, 6.45) is 2.44. The number of anilines is 1. The molecule has 5 nitrogen and oxygen atoms in total. The van der Waals surface area contributed by atoms with E-state index in [9.17, 15) is 4.79 Å². The Morgan fingerprint density at radius 1 is 1.35 bits per heavy atom. The van der Waals surface area contributed by atoms with Crippen molar-refractivity contribution in [2.45, 2.75) is 39.0 Å². The molecule has 0 aliphatic carbocycles. The minimum Gasteiger partial charge on any atom is -0.351 e. The van der Waals surface area contributed by atoms with E-state index >= 15 is 0 Å². The van der Waals surface area contributed by atoms with Gasteiger partial charge in [0.2, 0.25) is 0 Å². The third-order valence-corrected chi connectivity index (χ3v) is 5.73. The molecule has 2 aromatic rings. The summed E-state index contributed by atoms with van der Waals surface area (Å²) in [7, 11) is 0. The molecule has 0 spiro atoms. The summed E-state index contributed by atoms with van der Waals surface area (Å²) in [5, 5.41) is 7.48. The Labute approximate surface area is 139 Å². The Balaban J connectivity index is 1.66. The average Bonchev–Trinajstić information content (AvgIpc) is 2.93. The predicted octanol–water partition coefficient (Wildman–Crippen LogP) is 2.76. The molecule has 2 aliphatic heterocycles. The van der Waals surface area contributed by atoms with Gasteiger partial charge in [-0.1, -0.05) is 6.07 Å². The summed E-state index contributed by atoms with van der Waals surface area (Å²) in [6, 6.07) is 6.28. The smallest absolute Gasteiger partial charge is 0.256 e. The summed E-state index contributed by atoms with van der Waals surface area (Å²) in [5.41, 5.74) is 2.91. The molecule has 0 saturated heterocycles. The minimum atomic E-state index is -0.252. The van der Waals surface area contributed by atoms with E-state index in [-0.39, 0.29) is 12.1 Å². The molecule has 0 fully saturated rings. The van der Waals surface area contributed by atoms with Gasteiger partial charge in [0.05, 0.1) is 11.3 Å². The van der Waals surface area contributed by atoms with Crippen LogP contribution in [-0.2, 0) is 13.0 Å². The van der Waals surface area contributed by atoms with E-state index < -0.39 is 0 Å². The highest BCUT2D eigenvalue weighted by Crippen LogP contribution is 2.40. The Kier molecular flexibility index (Phi) is 3.58. The zero-order valence-corrected chi connectivity index (χ0v) is 14.1. The van der Waals surface area contributed by atoms with Crippen LogP contribution < -0.4 is 10.6 Å². The summed E-state index contributed by atoms with van der Waals surface area (Å²) in [4.78, 5) is 20.8. The topological polar surface area (TPSA) is 57.3 Å². The lowest BCUT2D eigenvalue weighted by molar-refractivity contribution is 0.0933. The maximum atomic E-state index is 12.6. The number of amides is 1. The van der Waals surface area contributed by atoms with Crippen molar-refractivity contribution in [2.75, 3.05) is 11.9 Å². The van der Waals surface area contributed by atoms with Gasteiger partial charge < -0.3 is 10.6 Å². The zero-order valence-electron chi connectivity index (χ0n) is 13.3. The number of carbonyl (C=O) groups excluding carboxylic acids is 1. The molecule has 0 unspecified atom stereocenters. The van der Waals surface area contributed by atoms with Crippen LogP contribution in [0, 0.1) is 0 Å². The van der Waals surface area contributed by atoms with Crippen LogP contribution in [-0.4, -0.2) is 28.4 Å². The van der Waals surface area contributed by atoms with Gasteiger partial charge in [-0.05, 0) is 38.0 Å². The molecule has 23 heavy (non-hydrogen) atoms. The van der Waals surface area contributed by atoms with Gasteiger partial charge in [0.1, 0.15) is 11.2 Å². The van der Waals surface area contributed by atoms with Crippen molar-refractivity contribution in [3.63, 3.8) is 0 Å². The number of aromatic nitrogens is 1. The van der Waals surface area contributed by atoms with Gasteiger partial charge >= 0.3 is 0 Å². The second-order valence-corrected chi connectivity index (χ2v) is 7.43. The van der Waals surface area contributed by atoms with E-state index in [1.54, 1.807) is 17.5 Å². The molecule has 1 atom stereocenters. The van der Waals surface area contributed by atoms with Gasteiger partial charge in [-0.15, -0.1) is 11.3 Å². The maximum Gasteiger partial charge on any atom is 0.256 e. The maximum absolute atomic E-state index is 12.6. The largest absolute Gasteiger partial charge is 0.351 e. The number of rotatable bonds is 2. The fraction of sp³-hybridized carbons (Fsp3) is 0.412. The van der Waals surface area contributed by atoms with E-state index in [4.69, 9.17) is 0 Å². The fourth-order valence-electron chi connectivity index (χ4n) is 3.27. The van der Waals surface area contributed by atoms with Crippen molar-refractivity contribution in [1.29, 1.82) is 0 Å². The van der Waals surface area contributed by atoms with Crippen LogP contribution in [0.2, 0.25) is 0 Å². The van der Waals surface area contributed by atoms with Crippen molar-refractivity contribution in [2.24, 2.45) is 0 Å². The Morgan fingerprint density at radius 3 is 2.96 bits per heavy atom. The molecular formula is C17H20N4OS. The molecule has 0 saturated carbocycles. The minimum absolute atomic E-state index is 0.0184. The first-order valence-electron chi connectivity index (χ1n) is 8.00. The number of thiophene rings is 1. The summed E-state index contributed by atoms with van der Waals surface area (Å²) >= 11 is 1.72. The standard InChI is InChI=1S/C17H20N4OS/c1-10(2)21-8-6-11-13(9-21)23-17-14(11)16(22)19-15(20-17)12-5-3-4-7-18-12/h3-5,7,10,15,20H,6,8-9H2,1-2H3,(H,19,22)/t15-/m1/s1. The quantitative estimate of drug-likeness (QED) is 0.890. The summed E-state index contributed by atoms with van der Waals surface area (Å²) in [5.74, 6) is 0.0184. The van der Waals surface area contributed by atoms with Crippen molar-refractivity contribution in [1.82, 2.24) is 15.2 Å². The molecule has 6 heteroatoms. The first-order chi connectivity index (χ1) is 11.1. The van der Waals surface area contributed by atoms with Gasteiger partial charge in [0.15, 0.2) is 0 Å². The molecule has 2 aliphatic rings.